The summed E-state index contributed by atoms with van der Waals surface area (Å²) in [5, 5.41) is 3.64. The highest BCUT2D eigenvalue weighted by Crippen LogP contribution is 2.25. The lowest BCUT2D eigenvalue weighted by Crippen LogP contribution is -2.20. The molecule has 0 saturated carbocycles. The van der Waals surface area contributed by atoms with E-state index in [1.165, 1.54) is 18.2 Å². The minimum Gasteiger partial charge on any atom is -0.359 e. The minimum atomic E-state index is -3.49. The van der Waals surface area contributed by atoms with Gasteiger partial charge in [-0.25, -0.2) is 4.39 Å². The van der Waals surface area contributed by atoms with Crippen LogP contribution in [-0.4, -0.2) is 9.71 Å². The SMILES string of the molecule is Cc1cc(N[S+](=O)(O)c2ccc(-c3ccc(F)cc3)cc2)no1. The fourth-order valence-corrected chi connectivity index (χ4v) is 3.09. The number of halogens is 1. The molecule has 0 aliphatic rings. The van der Waals surface area contributed by atoms with Crippen LogP contribution in [0.15, 0.2) is 64.0 Å². The Balaban J connectivity index is 1.83. The van der Waals surface area contributed by atoms with Gasteiger partial charge in [0.2, 0.25) is 10.7 Å². The van der Waals surface area contributed by atoms with Gasteiger partial charge in [-0.3, -0.25) is 0 Å². The monoisotopic (exact) mass is 333 g/mol. The number of hydrogen-bond acceptors (Lipinski definition) is 3. The summed E-state index contributed by atoms with van der Waals surface area (Å²) in [5.41, 5.74) is 1.64. The molecule has 1 aromatic heterocycles. The second-order valence-corrected chi connectivity index (χ2v) is 6.71. The molecule has 2 aromatic carbocycles. The first-order valence-electron chi connectivity index (χ1n) is 6.78. The van der Waals surface area contributed by atoms with Crippen molar-refractivity contribution in [1.82, 2.24) is 5.16 Å². The molecule has 0 fully saturated rings. The molecule has 118 valence electrons. The van der Waals surface area contributed by atoms with Gasteiger partial charge in [-0.05, 0) is 58.7 Å². The maximum absolute atomic E-state index is 12.9. The molecule has 7 heteroatoms. The van der Waals surface area contributed by atoms with E-state index in [0.717, 1.165) is 11.1 Å². The lowest BCUT2D eigenvalue weighted by atomic mass is 10.1. The lowest BCUT2D eigenvalue weighted by Gasteiger charge is -2.05. The molecule has 5 nitrogen and oxygen atoms in total. The topological polar surface area (TPSA) is 75.4 Å². The second kappa shape index (κ2) is 5.94. The largest absolute Gasteiger partial charge is 0.359 e. The van der Waals surface area contributed by atoms with Gasteiger partial charge < -0.3 is 4.52 Å². The second-order valence-electron chi connectivity index (χ2n) is 4.98. The third-order valence-electron chi connectivity index (χ3n) is 3.22. The maximum Gasteiger partial charge on any atom is 0.347 e. The smallest absolute Gasteiger partial charge is 0.347 e. The van der Waals surface area contributed by atoms with Crippen molar-refractivity contribution in [2.24, 2.45) is 0 Å². The summed E-state index contributed by atoms with van der Waals surface area (Å²) in [6.07, 6.45) is 0. The molecule has 0 saturated heterocycles. The van der Waals surface area contributed by atoms with Gasteiger partial charge in [0.15, 0.2) is 0 Å². The van der Waals surface area contributed by atoms with Crippen LogP contribution in [0.25, 0.3) is 11.1 Å². The Morgan fingerprint density at radius 3 is 2.17 bits per heavy atom. The van der Waals surface area contributed by atoms with Crippen molar-refractivity contribution in [3.8, 4) is 11.1 Å². The van der Waals surface area contributed by atoms with Crippen molar-refractivity contribution >= 4 is 16.2 Å². The molecule has 3 rings (SSSR count). The molecule has 0 aliphatic carbocycles. The quantitative estimate of drug-likeness (QED) is 0.703. The zero-order valence-electron chi connectivity index (χ0n) is 12.2. The fraction of sp³-hybridized carbons (Fsp3) is 0.0625. The van der Waals surface area contributed by atoms with Crippen molar-refractivity contribution in [1.29, 1.82) is 0 Å². The number of rotatable bonds is 4. The molecule has 0 amide bonds. The predicted molar refractivity (Wildman–Crippen MR) is 85.6 cm³/mol. The Kier molecular flexibility index (Phi) is 3.97. The van der Waals surface area contributed by atoms with E-state index in [9.17, 15) is 13.2 Å². The van der Waals surface area contributed by atoms with Gasteiger partial charge in [0.05, 0.1) is 0 Å². The Bertz CT molecular complexity index is 860. The molecule has 23 heavy (non-hydrogen) atoms. The highest BCUT2D eigenvalue weighted by atomic mass is 32.3. The van der Waals surface area contributed by atoms with Gasteiger partial charge in [-0.1, -0.05) is 17.3 Å². The average Bonchev–Trinajstić information content (AvgIpc) is 2.92. The van der Waals surface area contributed by atoms with Crippen LogP contribution < -0.4 is 4.72 Å². The summed E-state index contributed by atoms with van der Waals surface area (Å²) in [6, 6.07) is 14.1. The van der Waals surface area contributed by atoms with Crippen LogP contribution >= 0.6 is 0 Å². The molecule has 0 bridgehead atoms. The number of aryl methyl sites for hydroxylation is 1. The zero-order valence-corrected chi connectivity index (χ0v) is 13.0. The third kappa shape index (κ3) is 3.46. The molecule has 1 atom stereocenters. The van der Waals surface area contributed by atoms with Crippen molar-refractivity contribution in [3.05, 3.63) is 66.2 Å². The lowest BCUT2D eigenvalue weighted by molar-refractivity contribution is 0.400. The normalized spacial score (nSPS) is 13.5. The summed E-state index contributed by atoms with van der Waals surface area (Å²) in [5.74, 6) is 0.419. The first kappa shape index (κ1) is 15.4. The van der Waals surface area contributed by atoms with Crippen LogP contribution in [0.5, 0.6) is 0 Å². The molecular formula is C16H14FN2O3S+. The standard InChI is InChI=1S/C16H13FN2O3S/c1-11-10-16(18-22-11)19-23(20,21)15-8-4-13(5-9-15)12-2-6-14(17)7-3-12/h2-10H,1H3,(H-,18,19,20,21)/p+1. The number of hydrogen-bond donors (Lipinski definition) is 2. The molecular weight excluding hydrogens is 319 g/mol. The highest BCUT2D eigenvalue weighted by molar-refractivity contribution is 7.99. The Morgan fingerprint density at radius 1 is 1.09 bits per heavy atom. The Hall–Kier alpha value is -2.51. The first-order chi connectivity index (χ1) is 10.9. The summed E-state index contributed by atoms with van der Waals surface area (Å²) in [7, 11) is -3.49. The van der Waals surface area contributed by atoms with Crippen LogP contribution in [0.3, 0.4) is 0 Å². The minimum absolute atomic E-state index is 0.192. The van der Waals surface area contributed by atoms with E-state index < -0.39 is 10.4 Å². The molecule has 2 N–H and O–H groups in total. The third-order valence-corrected chi connectivity index (χ3v) is 4.62. The van der Waals surface area contributed by atoms with E-state index in [1.54, 1.807) is 43.3 Å². The van der Waals surface area contributed by atoms with Gasteiger partial charge in [-0.2, -0.15) is 9.27 Å². The summed E-state index contributed by atoms with van der Waals surface area (Å²) in [4.78, 5) is 0.212. The number of nitrogens with one attached hydrogen (secondary N) is 1. The number of benzene rings is 2. The molecule has 0 radical (unpaired) electrons. The van der Waals surface area contributed by atoms with Crippen molar-refractivity contribution < 1.29 is 17.7 Å². The average molecular weight is 333 g/mol. The van der Waals surface area contributed by atoms with Gasteiger partial charge >= 0.3 is 10.4 Å². The van der Waals surface area contributed by atoms with Gasteiger partial charge in [-0.15, -0.1) is 0 Å². The molecule has 0 aliphatic heterocycles. The fourth-order valence-electron chi connectivity index (χ4n) is 2.09. The van der Waals surface area contributed by atoms with E-state index in [0.29, 0.717) is 5.76 Å². The van der Waals surface area contributed by atoms with Gasteiger partial charge in [0.25, 0.3) is 0 Å². The summed E-state index contributed by atoms with van der Waals surface area (Å²) in [6.45, 7) is 1.69. The molecule has 1 heterocycles. The van der Waals surface area contributed by atoms with Crippen LogP contribution in [0.1, 0.15) is 5.76 Å². The molecule has 1 unspecified atom stereocenters. The predicted octanol–water partition coefficient (Wildman–Crippen LogP) is 4.15. The number of aromatic nitrogens is 1. The Morgan fingerprint density at radius 2 is 1.65 bits per heavy atom. The summed E-state index contributed by atoms with van der Waals surface area (Å²) >= 11 is 0. The maximum atomic E-state index is 12.9. The first-order valence-corrected chi connectivity index (χ1v) is 8.29. The van der Waals surface area contributed by atoms with Gasteiger partial charge in [0, 0.05) is 6.07 Å². The van der Waals surface area contributed by atoms with E-state index in [-0.39, 0.29) is 16.5 Å². The van der Waals surface area contributed by atoms with Crippen LogP contribution in [-0.2, 0) is 14.6 Å². The number of anilines is 1. The molecule has 3 aromatic rings. The van der Waals surface area contributed by atoms with Crippen LogP contribution in [0.4, 0.5) is 10.2 Å². The van der Waals surface area contributed by atoms with Crippen molar-refractivity contribution in [2.75, 3.05) is 4.72 Å². The highest BCUT2D eigenvalue weighted by Gasteiger charge is 2.30. The van der Waals surface area contributed by atoms with Crippen LogP contribution in [0, 0.1) is 12.7 Å². The number of nitrogens with zero attached hydrogens (tertiary/aromatic N) is 1. The van der Waals surface area contributed by atoms with E-state index in [1.807, 2.05) is 0 Å². The van der Waals surface area contributed by atoms with Gasteiger partial charge in [0.1, 0.15) is 11.6 Å². The van der Waals surface area contributed by atoms with E-state index in [4.69, 9.17) is 4.52 Å². The van der Waals surface area contributed by atoms with E-state index in [2.05, 4.69) is 9.88 Å². The van der Waals surface area contributed by atoms with Crippen molar-refractivity contribution in [3.63, 3.8) is 0 Å². The zero-order chi connectivity index (χ0) is 16.4. The summed E-state index contributed by atoms with van der Waals surface area (Å²) < 4.78 is 42.7. The van der Waals surface area contributed by atoms with Crippen molar-refractivity contribution in [2.45, 2.75) is 11.8 Å². The Labute approximate surface area is 133 Å². The van der Waals surface area contributed by atoms with E-state index >= 15 is 0 Å². The molecule has 0 spiro atoms. The van der Waals surface area contributed by atoms with Crippen LogP contribution in [0.2, 0.25) is 0 Å².